The Morgan fingerprint density at radius 2 is 1.94 bits per heavy atom. The molecule has 2 aromatic rings. The molecule has 1 aromatic carbocycles. The van der Waals surface area contributed by atoms with Crippen LogP contribution in [0.5, 0.6) is 5.75 Å². The van der Waals surface area contributed by atoms with Crippen LogP contribution in [0, 0.1) is 6.92 Å². The van der Waals surface area contributed by atoms with Crippen molar-refractivity contribution in [2.75, 3.05) is 5.73 Å². The molecule has 0 aliphatic carbocycles. The maximum absolute atomic E-state index is 10.1. The van der Waals surface area contributed by atoms with Crippen LogP contribution in [0.2, 0.25) is 0 Å². The van der Waals surface area contributed by atoms with Crippen LogP contribution < -0.4 is 5.73 Å². The fourth-order valence-corrected chi connectivity index (χ4v) is 1.97. The van der Waals surface area contributed by atoms with Crippen LogP contribution in [0.3, 0.4) is 0 Å². The molecule has 18 heavy (non-hydrogen) atoms. The first-order valence-electron chi connectivity index (χ1n) is 5.94. The van der Waals surface area contributed by atoms with Crippen molar-refractivity contribution < 1.29 is 5.11 Å². The monoisotopic (exact) mass is 245 g/mol. The number of hydrogen-bond acceptors (Lipinski definition) is 3. The van der Waals surface area contributed by atoms with Crippen molar-refractivity contribution in [3.8, 4) is 11.4 Å². The van der Waals surface area contributed by atoms with Crippen LogP contribution in [0.25, 0.3) is 5.69 Å². The number of nitrogen functional groups attached to an aromatic ring is 1. The van der Waals surface area contributed by atoms with Crippen molar-refractivity contribution in [3.05, 3.63) is 35.7 Å². The van der Waals surface area contributed by atoms with Gasteiger partial charge < -0.3 is 10.8 Å². The SMILES string of the molecule is Cc1c(N)cnn1-c1ccc(C(C)(C)C)c(O)c1. The molecule has 1 heterocycles. The van der Waals surface area contributed by atoms with Crippen molar-refractivity contribution in [1.29, 1.82) is 0 Å². The van der Waals surface area contributed by atoms with Crippen molar-refractivity contribution in [3.63, 3.8) is 0 Å². The van der Waals surface area contributed by atoms with Gasteiger partial charge in [-0.1, -0.05) is 26.8 Å². The molecule has 0 unspecified atom stereocenters. The lowest BCUT2D eigenvalue weighted by atomic mass is 9.86. The molecule has 0 atom stereocenters. The van der Waals surface area contributed by atoms with E-state index in [0.29, 0.717) is 5.69 Å². The van der Waals surface area contributed by atoms with Gasteiger partial charge in [-0.25, -0.2) is 4.68 Å². The third kappa shape index (κ3) is 2.06. The third-order valence-electron chi connectivity index (χ3n) is 3.08. The minimum atomic E-state index is -0.0825. The van der Waals surface area contributed by atoms with Crippen molar-refractivity contribution >= 4 is 5.69 Å². The van der Waals surface area contributed by atoms with E-state index < -0.39 is 0 Å². The molecule has 0 radical (unpaired) electrons. The van der Waals surface area contributed by atoms with Crippen LogP contribution in [-0.4, -0.2) is 14.9 Å². The zero-order valence-electron chi connectivity index (χ0n) is 11.2. The molecule has 0 aliphatic rings. The van der Waals surface area contributed by atoms with Crippen LogP contribution >= 0.6 is 0 Å². The first-order valence-corrected chi connectivity index (χ1v) is 5.94. The second-order valence-electron chi connectivity index (χ2n) is 5.55. The number of anilines is 1. The first-order chi connectivity index (χ1) is 8.30. The summed E-state index contributed by atoms with van der Waals surface area (Å²) >= 11 is 0. The van der Waals surface area contributed by atoms with Crippen molar-refractivity contribution in [2.45, 2.75) is 33.1 Å². The predicted molar refractivity (Wildman–Crippen MR) is 73.1 cm³/mol. The quantitative estimate of drug-likeness (QED) is 0.812. The maximum atomic E-state index is 10.1. The molecule has 0 saturated heterocycles. The van der Waals surface area contributed by atoms with Gasteiger partial charge in [0.2, 0.25) is 0 Å². The van der Waals surface area contributed by atoms with E-state index in [1.54, 1.807) is 16.9 Å². The molecule has 96 valence electrons. The van der Waals surface area contributed by atoms with Gasteiger partial charge in [-0.15, -0.1) is 0 Å². The average molecular weight is 245 g/mol. The minimum Gasteiger partial charge on any atom is -0.508 e. The summed E-state index contributed by atoms with van der Waals surface area (Å²) in [5.41, 5.74) is 8.94. The Morgan fingerprint density at radius 1 is 1.28 bits per heavy atom. The number of rotatable bonds is 1. The Balaban J connectivity index is 2.50. The summed E-state index contributed by atoms with van der Waals surface area (Å²) in [4.78, 5) is 0. The number of aromatic nitrogens is 2. The third-order valence-corrected chi connectivity index (χ3v) is 3.08. The van der Waals surface area contributed by atoms with Gasteiger partial charge in [-0.2, -0.15) is 5.10 Å². The van der Waals surface area contributed by atoms with Crippen molar-refractivity contribution in [1.82, 2.24) is 9.78 Å². The highest BCUT2D eigenvalue weighted by Gasteiger charge is 2.18. The van der Waals surface area contributed by atoms with Gasteiger partial charge in [0.15, 0.2) is 0 Å². The molecule has 0 saturated carbocycles. The topological polar surface area (TPSA) is 64.1 Å². The molecule has 3 N–H and O–H groups in total. The van der Waals surface area contributed by atoms with E-state index >= 15 is 0 Å². The van der Waals surface area contributed by atoms with Crippen molar-refractivity contribution in [2.24, 2.45) is 0 Å². The average Bonchev–Trinajstić information content (AvgIpc) is 2.58. The standard InChI is InChI=1S/C14H19N3O/c1-9-12(15)8-16-17(9)10-5-6-11(13(18)7-10)14(2,3)4/h5-8,18H,15H2,1-4H3. The molecule has 0 fully saturated rings. The fourth-order valence-electron chi connectivity index (χ4n) is 1.97. The first kappa shape index (κ1) is 12.5. The Hall–Kier alpha value is -1.97. The Labute approximate surface area is 107 Å². The zero-order valence-corrected chi connectivity index (χ0v) is 11.2. The summed E-state index contributed by atoms with van der Waals surface area (Å²) in [7, 11) is 0. The summed E-state index contributed by atoms with van der Waals surface area (Å²) in [6.45, 7) is 8.10. The summed E-state index contributed by atoms with van der Waals surface area (Å²) in [6.07, 6.45) is 1.62. The van der Waals surface area contributed by atoms with E-state index in [4.69, 9.17) is 5.73 Å². The number of nitrogens with zero attached hydrogens (tertiary/aromatic N) is 2. The lowest BCUT2D eigenvalue weighted by Gasteiger charge is -2.21. The summed E-state index contributed by atoms with van der Waals surface area (Å²) in [5.74, 6) is 0.286. The molecule has 0 aliphatic heterocycles. The highest BCUT2D eigenvalue weighted by Crippen LogP contribution is 2.32. The van der Waals surface area contributed by atoms with Gasteiger partial charge in [0.25, 0.3) is 0 Å². The van der Waals surface area contributed by atoms with Gasteiger partial charge in [0.05, 0.1) is 23.3 Å². The van der Waals surface area contributed by atoms with E-state index in [1.807, 2.05) is 19.1 Å². The molecular formula is C14H19N3O. The molecule has 0 bridgehead atoms. The second-order valence-corrected chi connectivity index (χ2v) is 5.55. The van der Waals surface area contributed by atoms with Crippen LogP contribution in [0.1, 0.15) is 32.0 Å². The molecule has 1 aromatic heterocycles. The number of nitrogens with two attached hydrogens (primary N) is 1. The number of aromatic hydroxyl groups is 1. The predicted octanol–water partition coefficient (Wildman–Crippen LogP) is 2.77. The van der Waals surface area contributed by atoms with Crippen LogP contribution in [0.15, 0.2) is 24.4 Å². The molecule has 4 nitrogen and oxygen atoms in total. The van der Waals surface area contributed by atoms with Gasteiger partial charge in [0, 0.05) is 6.07 Å². The second kappa shape index (κ2) is 4.05. The largest absolute Gasteiger partial charge is 0.508 e. The fraction of sp³-hybridized carbons (Fsp3) is 0.357. The van der Waals surface area contributed by atoms with E-state index in [1.165, 1.54) is 0 Å². The van der Waals surface area contributed by atoms with Gasteiger partial charge >= 0.3 is 0 Å². The Kier molecular flexibility index (Phi) is 2.81. The normalized spacial score (nSPS) is 11.8. The lowest BCUT2D eigenvalue weighted by molar-refractivity contribution is 0.446. The smallest absolute Gasteiger partial charge is 0.121 e. The number of phenols is 1. The van der Waals surface area contributed by atoms with Crippen LogP contribution in [0.4, 0.5) is 5.69 Å². The van der Waals surface area contributed by atoms with Gasteiger partial charge in [0.1, 0.15) is 5.75 Å². The van der Waals surface area contributed by atoms with Crippen LogP contribution in [-0.2, 0) is 5.41 Å². The Morgan fingerprint density at radius 3 is 2.39 bits per heavy atom. The molecule has 2 rings (SSSR count). The minimum absolute atomic E-state index is 0.0825. The highest BCUT2D eigenvalue weighted by molar-refractivity contribution is 5.50. The van der Waals surface area contributed by atoms with E-state index in [0.717, 1.165) is 16.9 Å². The zero-order chi connectivity index (χ0) is 13.5. The lowest BCUT2D eigenvalue weighted by Crippen LogP contribution is -2.11. The van der Waals surface area contributed by atoms with Gasteiger partial charge in [-0.05, 0) is 24.0 Å². The number of benzene rings is 1. The molecule has 0 amide bonds. The summed E-state index contributed by atoms with van der Waals surface area (Å²) in [6, 6.07) is 5.60. The summed E-state index contributed by atoms with van der Waals surface area (Å²) < 4.78 is 1.72. The van der Waals surface area contributed by atoms with E-state index in [2.05, 4.69) is 25.9 Å². The highest BCUT2D eigenvalue weighted by atomic mass is 16.3. The maximum Gasteiger partial charge on any atom is 0.121 e. The summed E-state index contributed by atoms with van der Waals surface area (Å²) in [5, 5.41) is 14.3. The molecule has 0 spiro atoms. The molecular weight excluding hydrogens is 226 g/mol. The van der Waals surface area contributed by atoms with Gasteiger partial charge in [-0.3, -0.25) is 0 Å². The Bertz CT molecular complexity index is 579. The van der Waals surface area contributed by atoms with E-state index in [-0.39, 0.29) is 11.2 Å². The van der Waals surface area contributed by atoms with E-state index in [9.17, 15) is 5.11 Å². The molecule has 4 heteroatoms. The number of hydrogen-bond donors (Lipinski definition) is 2. The number of phenolic OH excluding ortho intramolecular Hbond substituents is 1.